The first kappa shape index (κ1) is 13.4. The van der Waals surface area contributed by atoms with Gasteiger partial charge in [0.2, 0.25) is 0 Å². The summed E-state index contributed by atoms with van der Waals surface area (Å²) in [6.45, 7) is 2.98. The van der Waals surface area contributed by atoms with Gasteiger partial charge in [0.05, 0.1) is 12.7 Å². The molecule has 17 heavy (non-hydrogen) atoms. The lowest BCUT2D eigenvalue weighted by molar-refractivity contribution is 0.0583. The Morgan fingerprint density at radius 3 is 2.24 bits per heavy atom. The van der Waals surface area contributed by atoms with Gasteiger partial charge in [-0.15, -0.1) is 0 Å². The van der Waals surface area contributed by atoms with Crippen LogP contribution in [-0.2, 0) is 4.74 Å². The third kappa shape index (κ3) is 4.26. The zero-order chi connectivity index (χ0) is 12.1. The summed E-state index contributed by atoms with van der Waals surface area (Å²) in [5, 5.41) is 0. The topological polar surface area (TPSA) is 35.2 Å². The van der Waals surface area contributed by atoms with E-state index < -0.39 is 0 Å². The van der Waals surface area contributed by atoms with Crippen LogP contribution >= 0.6 is 0 Å². The Kier molecular flexibility index (Phi) is 5.30. The van der Waals surface area contributed by atoms with E-state index in [0.717, 1.165) is 18.4 Å². The highest BCUT2D eigenvalue weighted by Gasteiger charge is 2.28. The maximum atomic E-state index is 6.14. The fraction of sp³-hybridized carbons (Fsp3) is 1.00. The van der Waals surface area contributed by atoms with Crippen molar-refractivity contribution in [2.24, 2.45) is 17.6 Å². The number of ether oxygens (including phenoxy) is 1. The molecule has 100 valence electrons. The van der Waals surface area contributed by atoms with Crippen molar-refractivity contribution < 1.29 is 4.74 Å². The molecule has 1 saturated carbocycles. The van der Waals surface area contributed by atoms with Crippen LogP contribution in [0.25, 0.3) is 0 Å². The summed E-state index contributed by atoms with van der Waals surface area (Å²) in [7, 11) is 0. The summed E-state index contributed by atoms with van der Waals surface area (Å²) in [5.41, 5.74) is 6.14. The molecule has 0 aromatic carbocycles. The SMILES string of the molecule is CC1CC(C2CCCCCCC2)CC(N)CO1. The van der Waals surface area contributed by atoms with Crippen LogP contribution in [0.2, 0.25) is 0 Å². The second-order valence-electron chi connectivity index (χ2n) is 6.24. The summed E-state index contributed by atoms with van der Waals surface area (Å²) in [5.74, 6) is 1.74. The predicted molar refractivity (Wildman–Crippen MR) is 71.9 cm³/mol. The molecule has 3 atom stereocenters. The molecular weight excluding hydrogens is 210 g/mol. The van der Waals surface area contributed by atoms with Crippen molar-refractivity contribution >= 4 is 0 Å². The molecule has 1 aliphatic carbocycles. The lowest BCUT2D eigenvalue weighted by Crippen LogP contribution is -2.28. The first-order valence-electron chi connectivity index (χ1n) is 7.63. The summed E-state index contributed by atoms with van der Waals surface area (Å²) >= 11 is 0. The highest BCUT2D eigenvalue weighted by molar-refractivity contribution is 4.81. The summed E-state index contributed by atoms with van der Waals surface area (Å²) < 4.78 is 5.77. The van der Waals surface area contributed by atoms with Crippen LogP contribution in [0.15, 0.2) is 0 Å². The Labute approximate surface area is 106 Å². The minimum atomic E-state index is 0.274. The van der Waals surface area contributed by atoms with Gasteiger partial charge in [0.15, 0.2) is 0 Å². The average molecular weight is 239 g/mol. The van der Waals surface area contributed by atoms with Crippen molar-refractivity contribution in [3.63, 3.8) is 0 Å². The molecule has 1 aliphatic heterocycles. The monoisotopic (exact) mass is 239 g/mol. The van der Waals surface area contributed by atoms with Crippen molar-refractivity contribution in [3.05, 3.63) is 0 Å². The van der Waals surface area contributed by atoms with Crippen molar-refractivity contribution in [2.75, 3.05) is 6.61 Å². The van der Waals surface area contributed by atoms with Crippen molar-refractivity contribution in [3.8, 4) is 0 Å². The molecule has 0 bridgehead atoms. The van der Waals surface area contributed by atoms with Crippen LogP contribution in [0.3, 0.4) is 0 Å². The predicted octanol–water partition coefficient (Wildman–Crippen LogP) is 3.49. The Hall–Kier alpha value is -0.0800. The Balaban J connectivity index is 1.92. The lowest BCUT2D eigenvalue weighted by atomic mass is 9.77. The van der Waals surface area contributed by atoms with Crippen molar-refractivity contribution in [1.29, 1.82) is 0 Å². The first-order chi connectivity index (χ1) is 8.25. The smallest absolute Gasteiger partial charge is 0.0621 e. The van der Waals surface area contributed by atoms with E-state index in [4.69, 9.17) is 10.5 Å². The molecule has 2 aliphatic rings. The van der Waals surface area contributed by atoms with E-state index in [9.17, 15) is 0 Å². The van der Waals surface area contributed by atoms with Gasteiger partial charge in [-0.05, 0) is 31.6 Å². The summed E-state index contributed by atoms with van der Waals surface area (Å²) in [6.07, 6.45) is 12.9. The van der Waals surface area contributed by atoms with Crippen molar-refractivity contribution in [2.45, 2.75) is 76.9 Å². The molecule has 2 nitrogen and oxygen atoms in total. The molecule has 1 heterocycles. The van der Waals surface area contributed by atoms with Crippen LogP contribution in [0.4, 0.5) is 0 Å². The zero-order valence-corrected chi connectivity index (χ0v) is 11.4. The first-order valence-corrected chi connectivity index (χ1v) is 7.63. The van der Waals surface area contributed by atoms with Gasteiger partial charge in [-0.1, -0.05) is 44.9 Å². The van der Waals surface area contributed by atoms with E-state index in [0.29, 0.717) is 6.10 Å². The van der Waals surface area contributed by atoms with E-state index >= 15 is 0 Å². The van der Waals surface area contributed by atoms with E-state index in [-0.39, 0.29) is 6.04 Å². The molecule has 0 aromatic rings. The summed E-state index contributed by atoms with van der Waals surface area (Å²) in [4.78, 5) is 0. The van der Waals surface area contributed by atoms with E-state index in [1.807, 2.05) is 0 Å². The molecule has 0 spiro atoms. The van der Waals surface area contributed by atoms with Crippen LogP contribution in [0.5, 0.6) is 0 Å². The molecule has 0 radical (unpaired) electrons. The van der Waals surface area contributed by atoms with Gasteiger partial charge in [-0.25, -0.2) is 0 Å². The normalized spacial score (nSPS) is 38.1. The van der Waals surface area contributed by atoms with Gasteiger partial charge in [-0.3, -0.25) is 0 Å². The molecule has 0 aromatic heterocycles. The minimum Gasteiger partial charge on any atom is -0.377 e. The highest BCUT2D eigenvalue weighted by atomic mass is 16.5. The molecule has 0 amide bonds. The van der Waals surface area contributed by atoms with Crippen LogP contribution in [0.1, 0.15) is 64.7 Å². The van der Waals surface area contributed by atoms with Gasteiger partial charge in [0.1, 0.15) is 0 Å². The average Bonchev–Trinajstić information content (AvgIpc) is 2.40. The maximum Gasteiger partial charge on any atom is 0.0621 e. The van der Waals surface area contributed by atoms with E-state index in [2.05, 4.69) is 6.92 Å². The molecule has 1 saturated heterocycles. The summed E-state index contributed by atoms with van der Waals surface area (Å²) in [6, 6.07) is 0.274. The highest BCUT2D eigenvalue weighted by Crippen LogP contribution is 2.35. The van der Waals surface area contributed by atoms with E-state index in [1.165, 1.54) is 57.8 Å². The molecule has 2 N–H and O–H groups in total. The number of hydrogen-bond acceptors (Lipinski definition) is 2. The Bertz CT molecular complexity index is 199. The Morgan fingerprint density at radius 1 is 0.882 bits per heavy atom. The second-order valence-corrected chi connectivity index (χ2v) is 6.24. The van der Waals surface area contributed by atoms with Crippen molar-refractivity contribution in [1.82, 2.24) is 0 Å². The largest absolute Gasteiger partial charge is 0.377 e. The fourth-order valence-electron chi connectivity index (χ4n) is 3.68. The Morgan fingerprint density at radius 2 is 1.53 bits per heavy atom. The third-order valence-corrected chi connectivity index (χ3v) is 4.65. The molecule has 2 heteroatoms. The van der Waals surface area contributed by atoms with Gasteiger partial charge in [-0.2, -0.15) is 0 Å². The van der Waals surface area contributed by atoms with Gasteiger partial charge >= 0.3 is 0 Å². The third-order valence-electron chi connectivity index (χ3n) is 4.65. The van der Waals surface area contributed by atoms with Crippen LogP contribution < -0.4 is 5.73 Å². The zero-order valence-electron chi connectivity index (χ0n) is 11.4. The number of nitrogens with two attached hydrogens (primary N) is 1. The maximum absolute atomic E-state index is 6.14. The number of hydrogen-bond donors (Lipinski definition) is 1. The lowest BCUT2D eigenvalue weighted by Gasteiger charge is -2.29. The standard InChI is InChI=1S/C15H29NO/c1-12-9-14(10-15(16)11-17-12)13-7-5-3-2-4-6-8-13/h12-15H,2-11,16H2,1H3. The molecular formula is C15H29NO. The van der Waals surface area contributed by atoms with Gasteiger partial charge in [0, 0.05) is 6.04 Å². The second kappa shape index (κ2) is 6.75. The van der Waals surface area contributed by atoms with Gasteiger partial charge in [0.25, 0.3) is 0 Å². The van der Waals surface area contributed by atoms with E-state index in [1.54, 1.807) is 0 Å². The van der Waals surface area contributed by atoms with Crippen LogP contribution in [0, 0.1) is 11.8 Å². The molecule has 2 rings (SSSR count). The van der Waals surface area contributed by atoms with Crippen LogP contribution in [-0.4, -0.2) is 18.8 Å². The molecule has 3 unspecified atom stereocenters. The minimum absolute atomic E-state index is 0.274. The quantitative estimate of drug-likeness (QED) is 0.760. The fourth-order valence-corrected chi connectivity index (χ4v) is 3.68. The van der Waals surface area contributed by atoms with Gasteiger partial charge < -0.3 is 10.5 Å². The number of rotatable bonds is 1. The molecule has 2 fully saturated rings.